The quantitative estimate of drug-likeness (QED) is 0.673. The van der Waals surface area contributed by atoms with Crippen LogP contribution in [0.25, 0.3) is 10.1 Å². The smallest absolute Gasteiger partial charge is 0.208 e. The number of hydrogen-bond donors (Lipinski definition) is 1. The number of nitrogens with one attached hydrogen (secondary N) is 1. The Labute approximate surface area is 108 Å². The molecular weight excluding hydrogens is 246 g/mol. The zero-order chi connectivity index (χ0) is 13.0. The lowest BCUT2D eigenvalue weighted by Gasteiger charge is -2.09. The van der Waals surface area contributed by atoms with Crippen molar-refractivity contribution in [2.45, 2.75) is 13.0 Å². The number of pyridine rings is 1. The molecule has 1 amide bonds. The molecule has 5 heteroatoms. The summed E-state index contributed by atoms with van der Waals surface area (Å²) in [6.45, 7) is 1.76. The van der Waals surface area contributed by atoms with Gasteiger partial charge in [0.2, 0.25) is 6.41 Å². The number of aromatic nitrogens is 1. The van der Waals surface area contributed by atoms with Gasteiger partial charge in [0.15, 0.2) is 0 Å². The molecule has 2 heterocycles. The number of amides is 1. The van der Waals surface area contributed by atoms with Crippen LogP contribution in [0.2, 0.25) is 0 Å². The minimum Gasteiger partial charge on any atom is -0.339 e. The van der Waals surface area contributed by atoms with Crippen molar-refractivity contribution in [1.82, 2.24) is 10.3 Å². The summed E-state index contributed by atoms with van der Waals surface area (Å²) in [5.41, 5.74) is 1.55. The highest BCUT2D eigenvalue weighted by Crippen LogP contribution is 2.30. The summed E-state index contributed by atoms with van der Waals surface area (Å²) in [5, 5.41) is 14.4. The molecule has 1 unspecified atom stereocenters. The largest absolute Gasteiger partial charge is 0.339 e. The Balaban J connectivity index is 2.68. The molecule has 18 heavy (non-hydrogen) atoms. The maximum atomic E-state index is 10.5. The van der Waals surface area contributed by atoms with E-state index < -0.39 is 6.04 Å². The van der Waals surface area contributed by atoms with E-state index in [1.165, 1.54) is 11.3 Å². The topological polar surface area (TPSA) is 65.8 Å². The average Bonchev–Trinajstić information content (AvgIpc) is 2.80. The van der Waals surface area contributed by atoms with Gasteiger partial charge in [-0.15, -0.1) is 17.3 Å². The summed E-state index contributed by atoms with van der Waals surface area (Å²) < 4.78 is 0.957. The molecule has 1 atom stereocenters. The van der Waals surface area contributed by atoms with Crippen LogP contribution in [0.5, 0.6) is 0 Å². The second-order valence-corrected chi connectivity index (χ2v) is 4.38. The highest BCUT2D eigenvalue weighted by molar-refractivity contribution is 7.17. The predicted octanol–water partition coefficient (Wildman–Crippen LogP) is 1.98. The number of fused-ring (bicyclic) bond motifs is 1. The van der Waals surface area contributed by atoms with Gasteiger partial charge in [-0.25, -0.2) is 0 Å². The van der Waals surface area contributed by atoms with Crippen LogP contribution in [0, 0.1) is 23.2 Å². The number of carbonyl (C=O) groups is 1. The van der Waals surface area contributed by atoms with Crippen LogP contribution in [0.3, 0.4) is 0 Å². The Bertz CT molecular complexity index is 688. The van der Waals surface area contributed by atoms with Gasteiger partial charge < -0.3 is 5.32 Å². The molecule has 0 fully saturated rings. The monoisotopic (exact) mass is 255 g/mol. The highest BCUT2D eigenvalue weighted by atomic mass is 32.1. The molecule has 4 nitrogen and oxygen atoms in total. The van der Waals surface area contributed by atoms with Crippen molar-refractivity contribution in [3.8, 4) is 17.9 Å². The van der Waals surface area contributed by atoms with E-state index in [2.05, 4.69) is 22.1 Å². The van der Waals surface area contributed by atoms with Gasteiger partial charge in [-0.1, -0.05) is 5.92 Å². The molecule has 88 valence electrons. The van der Waals surface area contributed by atoms with E-state index in [-0.39, 0.29) is 0 Å². The van der Waals surface area contributed by atoms with Gasteiger partial charge >= 0.3 is 0 Å². The minimum atomic E-state index is -0.703. The van der Waals surface area contributed by atoms with Crippen molar-refractivity contribution in [2.75, 3.05) is 0 Å². The van der Waals surface area contributed by atoms with Crippen molar-refractivity contribution in [1.29, 1.82) is 5.26 Å². The first-order valence-electron chi connectivity index (χ1n) is 5.19. The summed E-state index contributed by atoms with van der Waals surface area (Å²) >= 11 is 1.52. The summed E-state index contributed by atoms with van der Waals surface area (Å²) in [5.74, 6) is 5.84. The third kappa shape index (κ3) is 2.04. The molecule has 0 aliphatic rings. The number of nitrogens with zero attached hydrogens (tertiary/aromatic N) is 2. The molecule has 0 radical (unpaired) electrons. The molecular formula is C13H9N3OS. The maximum absolute atomic E-state index is 10.5. The van der Waals surface area contributed by atoms with Gasteiger partial charge in [0, 0.05) is 34.3 Å². The van der Waals surface area contributed by atoms with Crippen LogP contribution in [0.4, 0.5) is 0 Å². The SMILES string of the molecule is CC#Cc1csc2cncc(C(C#N)NC=O)c12. The molecule has 1 N–H and O–H groups in total. The van der Waals surface area contributed by atoms with Crippen LogP contribution in [0.1, 0.15) is 24.1 Å². The Morgan fingerprint density at radius 1 is 1.56 bits per heavy atom. The summed E-state index contributed by atoms with van der Waals surface area (Å²) in [7, 11) is 0. The zero-order valence-corrected chi connectivity index (χ0v) is 10.4. The van der Waals surface area contributed by atoms with Crippen molar-refractivity contribution < 1.29 is 4.79 Å². The van der Waals surface area contributed by atoms with E-state index in [1.807, 2.05) is 11.4 Å². The van der Waals surface area contributed by atoms with Crippen molar-refractivity contribution in [3.05, 3.63) is 28.9 Å². The normalized spacial score (nSPS) is 11.1. The van der Waals surface area contributed by atoms with Gasteiger partial charge in [-0.05, 0) is 6.92 Å². The number of hydrogen-bond acceptors (Lipinski definition) is 4. The van der Waals surface area contributed by atoms with Gasteiger partial charge in [0.25, 0.3) is 0 Å². The third-order valence-electron chi connectivity index (χ3n) is 2.45. The predicted molar refractivity (Wildman–Crippen MR) is 69.7 cm³/mol. The molecule has 2 aromatic heterocycles. The van der Waals surface area contributed by atoms with Crippen molar-refractivity contribution in [3.63, 3.8) is 0 Å². The molecule has 0 spiro atoms. The van der Waals surface area contributed by atoms with Gasteiger partial charge in [0.05, 0.1) is 10.8 Å². The lowest BCUT2D eigenvalue weighted by molar-refractivity contribution is -0.109. The molecule has 0 aliphatic carbocycles. The molecule has 0 aliphatic heterocycles. The first-order valence-corrected chi connectivity index (χ1v) is 6.07. The highest BCUT2D eigenvalue weighted by Gasteiger charge is 2.16. The maximum Gasteiger partial charge on any atom is 0.208 e. The van der Waals surface area contributed by atoms with E-state index in [0.29, 0.717) is 12.0 Å². The van der Waals surface area contributed by atoms with Gasteiger partial charge in [0.1, 0.15) is 6.04 Å². The number of carbonyl (C=O) groups excluding carboxylic acids is 1. The number of rotatable bonds is 3. The van der Waals surface area contributed by atoms with E-state index in [9.17, 15) is 4.79 Å². The summed E-state index contributed by atoms with van der Waals surface area (Å²) in [6.07, 6.45) is 3.85. The summed E-state index contributed by atoms with van der Waals surface area (Å²) in [4.78, 5) is 14.6. The first kappa shape index (κ1) is 12.1. The fourth-order valence-electron chi connectivity index (χ4n) is 1.73. The molecule has 0 saturated carbocycles. The fraction of sp³-hybridized carbons (Fsp3) is 0.154. The molecule has 0 aromatic carbocycles. The van der Waals surface area contributed by atoms with Crippen LogP contribution in [0.15, 0.2) is 17.8 Å². The van der Waals surface area contributed by atoms with Crippen molar-refractivity contribution in [2.24, 2.45) is 0 Å². The second-order valence-electron chi connectivity index (χ2n) is 3.47. The molecule has 2 aromatic rings. The fourth-order valence-corrected chi connectivity index (χ4v) is 2.61. The lowest BCUT2D eigenvalue weighted by Crippen LogP contribution is -2.18. The summed E-state index contributed by atoms with van der Waals surface area (Å²) in [6, 6.07) is 1.34. The van der Waals surface area contributed by atoms with Gasteiger partial charge in [-0.3, -0.25) is 9.78 Å². The van der Waals surface area contributed by atoms with Crippen LogP contribution >= 0.6 is 11.3 Å². The Hall–Kier alpha value is -2.37. The number of thiophene rings is 1. The third-order valence-corrected chi connectivity index (χ3v) is 3.37. The van der Waals surface area contributed by atoms with E-state index >= 15 is 0 Å². The van der Waals surface area contributed by atoms with Crippen molar-refractivity contribution >= 4 is 27.8 Å². The number of nitriles is 1. The van der Waals surface area contributed by atoms with E-state index in [4.69, 9.17) is 5.26 Å². The van der Waals surface area contributed by atoms with Crippen LogP contribution in [-0.4, -0.2) is 11.4 Å². The Morgan fingerprint density at radius 3 is 3.06 bits per heavy atom. The van der Waals surface area contributed by atoms with E-state index in [0.717, 1.165) is 15.6 Å². The Morgan fingerprint density at radius 2 is 2.39 bits per heavy atom. The second kappa shape index (κ2) is 5.31. The molecule has 2 rings (SSSR count). The van der Waals surface area contributed by atoms with Crippen LogP contribution in [-0.2, 0) is 4.79 Å². The average molecular weight is 255 g/mol. The Kier molecular flexibility index (Phi) is 3.57. The molecule has 0 saturated heterocycles. The van der Waals surface area contributed by atoms with Crippen LogP contribution < -0.4 is 5.32 Å². The lowest BCUT2D eigenvalue weighted by atomic mass is 10.0. The molecule has 0 bridgehead atoms. The zero-order valence-electron chi connectivity index (χ0n) is 9.60. The van der Waals surface area contributed by atoms with Gasteiger partial charge in [-0.2, -0.15) is 5.26 Å². The minimum absolute atomic E-state index is 0.518. The van der Waals surface area contributed by atoms with E-state index in [1.54, 1.807) is 19.3 Å². The first-order chi connectivity index (χ1) is 8.81. The standard InChI is InChI=1S/C13H9N3OS/c1-2-3-9-7-18-12-6-15-5-10(13(9)12)11(4-14)16-8-17/h5-8,11H,1H3,(H,16,17).